The molecular weight excluding hydrogens is 352 g/mol. The quantitative estimate of drug-likeness (QED) is 0.118. The van der Waals surface area contributed by atoms with Crippen LogP contribution in [0.3, 0.4) is 0 Å². The molecule has 1 amide bonds. The van der Waals surface area contributed by atoms with E-state index < -0.39 is 11.7 Å². The molecule has 164 valence electrons. The van der Waals surface area contributed by atoms with Gasteiger partial charge in [-0.25, -0.2) is 4.79 Å². The van der Waals surface area contributed by atoms with E-state index in [0.29, 0.717) is 0 Å². The topological polar surface area (TPSA) is 87.1 Å². The first-order valence-electron chi connectivity index (χ1n) is 11.4. The van der Waals surface area contributed by atoms with Crippen molar-refractivity contribution in [3.8, 4) is 0 Å². The SMILES string of the molecule is CCCCCCCCCCCCCCCC(CN=[N+]=[N-])NC(=O)OC(C)(C)C. The van der Waals surface area contributed by atoms with Crippen LogP contribution in [0, 0.1) is 0 Å². The highest BCUT2D eigenvalue weighted by Gasteiger charge is 2.19. The molecule has 0 aliphatic heterocycles. The van der Waals surface area contributed by atoms with Crippen LogP contribution in [0.2, 0.25) is 0 Å². The van der Waals surface area contributed by atoms with Gasteiger partial charge in [-0.2, -0.15) is 0 Å². The highest BCUT2D eigenvalue weighted by atomic mass is 16.6. The standard InChI is InChI=1S/C22H44N4O2/c1-5-6-7-8-9-10-11-12-13-14-15-16-17-18-20(19-24-26-23)25-21(27)28-22(2,3)4/h20H,5-19H2,1-4H3,(H,25,27). The molecule has 0 saturated carbocycles. The lowest BCUT2D eigenvalue weighted by atomic mass is 10.0. The Morgan fingerprint density at radius 3 is 1.82 bits per heavy atom. The summed E-state index contributed by atoms with van der Waals surface area (Å²) < 4.78 is 5.28. The number of azide groups is 1. The van der Waals surface area contributed by atoms with Crippen LogP contribution in [0.15, 0.2) is 5.11 Å². The van der Waals surface area contributed by atoms with Gasteiger partial charge in [0.2, 0.25) is 0 Å². The molecule has 0 aliphatic carbocycles. The highest BCUT2D eigenvalue weighted by Crippen LogP contribution is 2.14. The molecule has 0 heterocycles. The fourth-order valence-corrected chi connectivity index (χ4v) is 3.23. The zero-order valence-corrected chi connectivity index (χ0v) is 18.8. The fourth-order valence-electron chi connectivity index (χ4n) is 3.23. The van der Waals surface area contributed by atoms with Crippen LogP contribution in [0.1, 0.15) is 118 Å². The highest BCUT2D eigenvalue weighted by molar-refractivity contribution is 5.68. The first-order chi connectivity index (χ1) is 13.4. The van der Waals surface area contributed by atoms with Gasteiger partial charge in [0, 0.05) is 17.5 Å². The summed E-state index contributed by atoms with van der Waals surface area (Å²) in [6, 6.07) is -0.154. The maximum absolute atomic E-state index is 11.9. The number of carbonyl (C=O) groups excluding carboxylic acids is 1. The molecule has 0 radical (unpaired) electrons. The number of rotatable bonds is 17. The number of nitrogens with zero attached hydrogens (tertiary/aromatic N) is 3. The van der Waals surface area contributed by atoms with Crippen LogP contribution in [-0.2, 0) is 4.74 Å². The van der Waals surface area contributed by atoms with E-state index in [9.17, 15) is 4.79 Å². The first kappa shape index (κ1) is 26.6. The first-order valence-corrected chi connectivity index (χ1v) is 11.4. The Labute approximate surface area is 172 Å². The number of alkyl carbamates (subject to hydrolysis) is 1. The van der Waals surface area contributed by atoms with E-state index in [1.807, 2.05) is 20.8 Å². The Hall–Kier alpha value is -1.42. The summed E-state index contributed by atoms with van der Waals surface area (Å²) in [4.78, 5) is 14.7. The van der Waals surface area contributed by atoms with Gasteiger partial charge in [0.25, 0.3) is 0 Å². The average Bonchev–Trinajstić information content (AvgIpc) is 2.61. The molecule has 0 spiro atoms. The lowest BCUT2D eigenvalue weighted by Gasteiger charge is -2.23. The predicted octanol–water partition coefficient (Wildman–Crippen LogP) is 7.67. The molecule has 0 rings (SSSR count). The molecule has 6 heteroatoms. The van der Waals surface area contributed by atoms with Gasteiger partial charge in [0.15, 0.2) is 0 Å². The Morgan fingerprint density at radius 2 is 1.39 bits per heavy atom. The molecule has 6 nitrogen and oxygen atoms in total. The molecule has 1 N–H and O–H groups in total. The fraction of sp³-hybridized carbons (Fsp3) is 0.955. The Kier molecular flexibility index (Phi) is 16.8. The normalized spacial score (nSPS) is 12.3. The Balaban J connectivity index is 3.71. The smallest absolute Gasteiger partial charge is 0.407 e. The third-order valence-corrected chi connectivity index (χ3v) is 4.74. The van der Waals surface area contributed by atoms with Crippen molar-refractivity contribution in [3.05, 3.63) is 10.4 Å². The molecule has 0 aromatic rings. The summed E-state index contributed by atoms with van der Waals surface area (Å²) in [7, 11) is 0. The molecule has 0 aromatic heterocycles. The minimum Gasteiger partial charge on any atom is -0.444 e. The Bertz CT molecular complexity index is 429. The summed E-state index contributed by atoms with van der Waals surface area (Å²) in [6.45, 7) is 8.04. The van der Waals surface area contributed by atoms with E-state index >= 15 is 0 Å². The van der Waals surface area contributed by atoms with Crippen molar-refractivity contribution in [2.45, 2.75) is 129 Å². The maximum atomic E-state index is 11.9. The van der Waals surface area contributed by atoms with Gasteiger partial charge in [-0.05, 0) is 32.7 Å². The summed E-state index contributed by atoms with van der Waals surface area (Å²) in [5.74, 6) is 0. The van der Waals surface area contributed by atoms with Crippen LogP contribution in [-0.4, -0.2) is 24.3 Å². The van der Waals surface area contributed by atoms with E-state index in [0.717, 1.165) is 19.3 Å². The lowest BCUT2D eigenvalue weighted by Crippen LogP contribution is -2.40. The second-order valence-corrected chi connectivity index (χ2v) is 8.79. The van der Waals surface area contributed by atoms with Crippen LogP contribution in [0.25, 0.3) is 10.4 Å². The van der Waals surface area contributed by atoms with Crippen molar-refractivity contribution >= 4 is 6.09 Å². The summed E-state index contributed by atoms with van der Waals surface area (Å²) >= 11 is 0. The van der Waals surface area contributed by atoms with Crippen molar-refractivity contribution in [2.75, 3.05) is 6.54 Å². The van der Waals surface area contributed by atoms with Gasteiger partial charge in [0.1, 0.15) is 5.60 Å². The minimum absolute atomic E-state index is 0.154. The van der Waals surface area contributed by atoms with Crippen molar-refractivity contribution in [1.82, 2.24) is 5.32 Å². The van der Waals surface area contributed by atoms with Crippen LogP contribution in [0.4, 0.5) is 4.79 Å². The van der Waals surface area contributed by atoms with Gasteiger partial charge in [-0.3, -0.25) is 0 Å². The van der Waals surface area contributed by atoms with E-state index in [-0.39, 0.29) is 12.6 Å². The van der Waals surface area contributed by atoms with Crippen LogP contribution in [0.5, 0.6) is 0 Å². The predicted molar refractivity (Wildman–Crippen MR) is 117 cm³/mol. The molecule has 28 heavy (non-hydrogen) atoms. The molecule has 0 bridgehead atoms. The van der Waals surface area contributed by atoms with Gasteiger partial charge in [-0.1, -0.05) is 95.5 Å². The van der Waals surface area contributed by atoms with Crippen molar-refractivity contribution in [2.24, 2.45) is 5.11 Å². The van der Waals surface area contributed by atoms with Gasteiger partial charge < -0.3 is 10.1 Å². The summed E-state index contributed by atoms with van der Waals surface area (Å²) in [5, 5.41) is 6.44. The number of unbranched alkanes of at least 4 members (excludes halogenated alkanes) is 12. The van der Waals surface area contributed by atoms with E-state index in [2.05, 4.69) is 22.3 Å². The third-order valence-electron chi connectivity index (χ3n) is 4.74. The number of nitrogens with one attached hydrogen (secondary N) is 1. The van der Waals surface area contributed by atoms with Gasteiger partial charge >= 0.3 is 6.09 Å². The van der Waals surface area contributed by atoms with E-state index in [1.54, 1.807) is 0 Å². The monoisotopic (exact) mass is 396 g/mol. The van der Waals surface area contributed by atoms with E-state index in [1.165, 1.54) is 70.6 Å². The average molecular weight is 397 g/mol. The van der Waals surface area contributed by atoms with Crippen molar-refractivity contribution in [3.63, 3.8) is 0 Å². The molecule has 1 unspecified atom stereocenters. The van der Waals surface area contributed by atoms with E-state index in [4.69, 9.17) is 10.3 Å². The number of hydrogen-bond acceptors (Lipinski definition) is 3. The maximum Gasteiger partial charge on any atom is 0.407 e. The molecular formula is C22H44N4O2. The molecule has 0 fully saturated rings. The van der Waals surface area contributed by atoms with Gasteiger partial charge in [0.05, 0.1) is 0 Å². The van der Waals surface area contributed by atoms with Crippen molar-refractivity contribution < 1.29 is 9.53 Å². The summed E-state index contributed by atoms with van der Waals surface area (Å²) in [6.07, 6.45) is 17.4. The lowest BCUT2D eigenvalue weighted by molar-refractivity contribution is 0.0503. The molecule has 0 aliphatic rings. The molecule has 1 atom stereocenters. The second-order valence-electron chi connectivity index (χ2n) is 8.79. The van der Waals surface area contributed by atoms with Crippen LogP contribution >= 0.6 is 0 Å². The zero-order valence-electron chi connectivity index (χ0n) is 18.8. The zero-order chi connectivity index (χ0) is 21.1. The Morgan fingerprint density at radius 1 is 0.929 bits per heavy atom. The minimum atomic E-state index is -0.525. The molecule has 0 aromatic carbocycles. The molecule has 0 saturated heterocycles. The second kappa shape index (κ2) is 17.7. The van der Waals surface area contributed by atoms with Crippen LogP contribution < -0.4 is 5.32 Å². The van der Waals surface area contributed by atoms with Crippen molar-refractivity contribution in [1.29, 1.82) is 0 Å². The van der Waals surface area contributed by atoms with Gasteiger partial charge in [-0.15, -0.1) is 0 Å². The number of amides is 1. The third kappa shape index (κ3) is 19.3. The number of hydrogen-bond donors (Lipinski definition) is 1. The number of carbonyl (C=O) groups is 1. The summed E-state index contributed by atoms with van der Waals surface area (Å²) in [5.41, 5.74) is 8.01. The largest absolute Gasteiger partial charge is 0.444 e. The number of ether oxygens (including phenoxy) is 1.